The summed E-state index contributed by atoms with van der Waals surface area (Å²) in [5, 5.41) is 0. The third-order valence-electron chi connectivity index (χ3n) is 3.68. The number of benzene rings is 1. The van der Waals surface area contributed by atoms with Gasteiger partial charge in [-0.1, -0.05) is 36.8 Å². The molecule has 1 aliphatic rings. The maximum absolute atomic E-state index is 12.0. The fourth-order valence-corrected chi connectivity index (χ4v) is 3.11. The fourth-order valence-electron chi connectivity index (χ4n) is 2.20. The summed E-state index contributed by atoms with van der Waals surface area (Å²) in [5.41, 5.74) is 2.25. The van der Waals surface area contributed by atoms with Gasteiger partial charge in [0.2, 0.25) is 5.91 Å². The summed E-state index contributed by atoms with van der Waals surface area (Å²) < 4.78 is 26.9. The first-order valence-electron chi connectivity index (χ1n) is 6.69. The number of hydrogen-bond donors (Lipinski definition) is 1. The molecule has 0 aliphatic heterocycles. The van der Waals surface area contributed by atoms with Crippen molar-refractivity contribution in [2.75, 3.05) is 13.6 Å². The Morgan fingerprint density at radius 2 is 2.15 bits per heavy atom. The lowest BCUT2D eigenvalue weighted by Crippen LogP contribution is -2.42. The van der Waals surface area contributed by atoms with Crippen LogP contribution in [0.25, 0.3) is 0 Å². The van der Waals surface area contributed by atoms with Gasteiger partial charge in [0.1, 0.15) is 0 Å². The third kappa shape index (κ3) is 3.19. The van der Waals surface area contributed by atoms with Crippen LogP contribution in [0.15, 0.2) is 24.3 Å². The van der Waals surface area contributed by atoms with Gasteiger partial charge in [0.05, 0.1) is 0 Å². The van der Waals surface area contributed by atoms with Crippen molar-refractivity contribution in [3.8, 4) is 0 Å². The average molecular weight is 296 g/mol. The molecule has 20 heavy (non-hydrogen) atoms. The molecule has 6 heteroatoms. The second-order valence-electron chi connectivity index (χ2n) is 5.25. The van der Waals surface area contributed by atoms with Crippen molar-refractivity contribution in [3.05, 3.63) is 35.4 Å². The van der Waals surface area contributed by atoms with E-state index >= 15 is 0 Å². The lowest BCUT2D eigenvalue weighted by Gasteiger charge is -2.15. The maximum Gasteiger partial charge on any atom is 0.303 e. The molecule has 0 aromatic heterocycles. The van der Waals surface area contributed by atoms with E-state index in [9.17, 15) is 13.2 Å². The molecule has 1 aliphatic carbocycles. The zero-order chi connectivity index (χ0) is 14.9. The molecule has 0 unspecified atom stereocenters. The largest absolute Gasteiger partial charge is 0.303 e. The Hall–Kier alpha value is -1.40. The summed E-state index contributed by atoms with van der Waals surface area (Å²) >= 11 is 0. The molecular formula is C14H20N2O3S. The summed E-state index contributed by atoms with van der Waals surface area (Å²) in [6.45, 7) is 4.05. The number of aryl methyl sites for hydroxylation is 1. The minimum Gasteiger partial charge on any atom is -0.274 e. The molecule has 1 aromatic rings. The van der Waals surface area contributed by atoms with Crippen LogP contribution in [-0.2, 0) is 15.0 Å². The molecule has 0 radical (unpaired) electrons. The van der Waals surface area contributed by atoms with E-state index < -0.39 is 16.1 Å². The van der Waals surface area contributed by atoms with Crippen molar-refractivity contribution < 1.29 is 13.2 Å². The monoisotopic (exact) mass is 296 g/mol. The van der Waals surface area contributed by atoms with Gasteiger partial charge in [-0.2, -0.15) is 12.7 Å². The normalized spacial score (nSPS) is 21.8. The summed E-state index contributed by atoms with van der Waals surface area (Å²) in [4.78, 5) is 12.0. The molecule has 5 nitrogen and oxygen atoms in total. The van der Waals surface area contributed by atoms with Gasteiger partial charge >= 0.3 is 10.2 Å². The summed E-state index contributed by atoms with van der Waals surface area (Å²) in [6.07, 6.45) is 0.709. The average Bonchev–Trinajstić information content (AvgIpc) is 3.17. The van der Waals surface area contributed by atoms with Crippen molar-refractivity contribution in [2.24, 2.45) is 5.92 Å². The SMILES string of the molecule is CCN(C)S(=O)(=O)NC(=O)[C@@H]1C[C@@H]1c1cccc(C)c1. The van der Waals surface area contributed by atoms with Gasteiger partial charge in [-0.05, 0) is 24.8 Å². The molecule has 1 aromatic carbocycles. The summed E-state index contributed by atoms with van der Waals surface area (Å²) in [5.74, 6) is -0.509. The molecule has 2 atom stereocenters. The zero-order valence-electron chi connectivity index (χ0n) is 12.0. The molecule has 1 fully saturated rings. The third-order valence-corrected chi connectivity index (χ3v) is 5.22. The highest BCUT2D eigenvalue weighted by Gasteiger charge is 2.45. The fraction of sp³-hybridized carbons (Fsp3) is 0.500. The first kappa shape index (κ1) is 15.0. The summed E-state index contributed by atoms with van der Waals surface area (Å²) in [6, 6.07) is 7.99. The molecule has 0 heterocycles. The van der Waals surface area contributed by atoms with Crippen LogP contribution in [0, 0.1) is 12.8 Å². The van der Waals surface area contributed by atoms with E-state index in [4.69, 9.17) is 0 Å². The van der Waals surface area contributed by atoms with Crippen LogP contribution in [-0.4, -0.2) is 32.2 Å². The predicted octanol–water partition coefficient (Wildman–Crippen LogP) is 1.41. The van der Waals surface area contributed by atoms with Crippen LogP contribution in [0.3, 0.4) is 0 Å². The lowest BCUT2D eigenvalue weighted by atomic mass is 10.1. The number of rotatable bonds is 5. The molecule has 0 saturated heterocycles. The highest BCUT2D eigenvalue weighted by atomic mass is 32.2. The Kier molecular flexibility index (Phi) is 4.15. The Labute approximate surface area is 120 Å². The second kappa shape index (κ2) is 5.54. The van der Waals surface area contributed by atoms with Gasteiger partial charge in [0, 0.05) is 19.5 Å². The van der Waals surface area contributed by atoms with Crippen LogP contribution in [0.1, 0.15) is 30.4 Å². The Morgan fingerprint density at radius 3 is 2.75 bits per heavy atom. The number of amides is 1. The number of nitrogens with one attached hydrogen (secondary N) is 1. The van der Waals surface area contributed by atoms with E-state index in [0.29, 0.717) is 13.0 Å². The highest BCUT2D eigenvalue weighted by molar-refractivity contribution is 7.87. The number of nitrogens with zero attached hydrogens (tertiary/aromatic N) is 1. The van der Waals surface area contributed by atoms with Crippen LogP contribution in [0.5, 0.6) is 0 Å². The molecule has 110 valence electrons. The molecular weight excluding hydrogens is 276 g/mol. The van der Waals surface area contributed by atoms with E-state index in [2.05, 4.69) is 4.72 Å². The van der Waals surface area contributed by atoms with Crippen molar-refractivity contribution in [2.45, 2.75) is 26.2 Å². The van der Waals surface area contributed by atoms with Crippen molar-refractivity contribution >= 4 is 16.1 Å². The van der Waals surface area contributed by atoms with Gasteiger partial charge < -0.3 is 0 Å². The van der Waals surface area contributed by atoms with Gasteiger partial charge in [0.25, 0.3) is 0 Å². The Morgan fingerprint density at radius 1 is 1.45 bits per heavy atom. The molecule has 1 saturated carbocycles. The minimum absolute atomic E-state index is 0.136. The smallest absolute Gasteiger partial charge is 0.274 e. The number of carbonyl (C=O) groups is 1. The second-order valence-corrected chi connectivity index (χ2v) is 7.03. The van der Waals surface area contributed by atoms with E-state index in [0.717, 1.165) is 15.4 Å². The first-order valence-corrected chi connectivity index (χ1v) is 8.13. The predicted molar refractivity (Wildman–Crippen MR) is 77.4 cm³/mol. The first-order chi connectivity index (χ1) is 9.35. The van der Waals surface area contributed by atoms with Gasteiger partial charge in [-0.15, -0.1) is 0 Å². The highest BCUT2D eigenvalue weighted by Crippen LogP contribution is 2.47. The molecule has 2 rings (SSSR count). The van der Waals surface area contributed by atoms with Crippen LogP contribution < -0.4 is 4.72 Å². The number of carbonyl (C=O) groups excluding carboxylic acids is 1. The zero-order valence-corrected chi connectivity index (χ0v) is 12.8. The van der Waals surface area contributed by atoms with Crippen molar-refractivity contribution in [1.82, 2.24) is 9.03 Å². The van der Waals surface area contributed by atoms with E-state index in [1.165, 1.54) is 7.05 Å². The lowest BCUT2D eigenvalue weighted by molar-refractivity contribution is -0.120. The topological polar surface area (TPSA) is 66.5 Å². The van der Waals surface area contributed by atoms with Gasteiger partial charge in [0.15, 0.2) is 0 Å². The van der Waals surface area contributed by atoms with Crippen LogP contribution in [0.4, 0.5) is 0 Å². The van der Waals surface area contributed by atoms with Crippen molar-refractivity contribution in [3.63, 3.8) is 0 Å². The van der Waals surface area contributed by atoms with E-state index in [-0.39, 0.29) is 11.8 Å². The van der Waals surface area contributed by atoms with E-state index in [1.54, 1.807) is 6.92 Å². The van der Waals surface area contributed by atoms with Crippen molar-refractivity contribution in [1.29, 1.82) is 0 Å². The molecule has 1 N–H and O–H groups in total. The van der Waals surface area contributed by atoms with Gasteiger partial charge in [-0.25, -0.2) is 4.72 Å². The maximum atomic E-state index is 12.0. The number of hydrogen-bond acceptors (Lipinski definition) is 3. The minimum atomic E-state index is -3.69. The Balaban J connectivity index is 2.00. The molecule has 0 spiro atoms. The summed E-state index contributed by atoms with van der Waals surface area (Å²) in [7, 11) is -2.25. The molecule has 0 bridgehead atoms. The van der Waals surface area contributed by atoms with E-state index in [1.807, 2.05) is 31.2 Å². The van der Waals surface area contributed by atoms with Crippen LogP contribution in [0.2, 0.25) is 0 Å². The Bertz CT molecular complexity index is 613. The molecule has 1 amide bonds. The van der Waals surface area contributed by atoms with Gasteiger partial charge in [-0.3, -0.25) is 4.79 Å². The quantitative estimate of drug-likeness (QED) is 0.893. The van der Waals surface area contributed by atoms with Crippen LogP contribution >= 0.6 is 0 Å². The standard InChI is InChI=1S/C14H20N2O3S/c1-4-16(3)20(18,19)15-14(17)13-9-12(13)11-7-5-6-10(2)8-11/h5-8,12-13H,4,9H2,1-3H3,(H,15,17)/t12-,13-/m1/s1.